The summed E-state index contributed by atoms with van der Waals surface area (Å²) in [5.74, 6) is -0.466. The Morgan fingerprint density at radius 1 is 1.37 bits per heavy atom. The molecule has 2 aliphatic heterocycles. The van der Waals surface area contributed by atoms with E-state index in [1.165, 1.54) is 0 Å². The Hall–Kier alpha value is -1.34. The molecule has 7 nitrogen and oxygen atoms in total. The number of nitrogens with two attached hydrogens (primary N) is 1. The van der Waals surface area contributed by atoms with Crippen LogP contribution in [0.3, 0.4) is 0 Å². The highest BCUT2D eigenvalue weighted by atomic mass is 16.5. The molecular formula is C12H22N4O3. The number of hydrogen-bond acceptors (Lipinski definition) is 4. The number of piperidine rings is 1. The molecular weight excluding hydrogens is 248 g/mol. The molecule has 0 radical (unpaired) electrons. The number of carbonyl (C=O) groups is 2. The van der Waals surface area contributed by atoms with Gasteiger partial charge in [0.2, 0.25) is 5.91 Å². The first-order chi connectivity index (χ1) is 9.18. The third-order valence-electron chi connectivity index (χ3n) is 3.57. The molecule has 0 spiro atoms. The van der Waals surface area contributed by atoms with Gasteiger partial charge in [-0.25, -0.2) is 4.79 Å². The highest BCUT2D eigenvalue weighted by Gasteiger charge is 2.30. The maximum atomic E-state index is 12.5. The Morgan fingerprint density at radius 3 is 2.68 bits per heavy atom. The van der Waals surface area contributed by atoms with E-state index in [0.717, 1.165) is 25.9 Å². The summed E-state index contributed by atoms with van der Waals surface area (Å²) in [6.45, 7) is 3.94. The predicted octanol–water partition coefficient (Wildman–Crippen LogP) is -1.02. The molecule has 2 rings (SSSR count). The molecule has 0 aliphatic carbocycles. The van der Waals surface area contributed by atoms with Crippen molar-refractivity contribution in [1.82, 2.24) is 15.1 Å². The average Bonchev–Trinajstić information content (AvgIpc) is 2.46. The summed E-state index contributed by atoms with van der Waals surface area (Å²) in [5, 5.41) is 3.26. The van der Waals surface area contributed by atoms with Crippen molar-refractivity contribution in [2.45, 2.75) is 18.9 Å². The van der Waals surface area contributed by atoms with Gasteiger partial charge in [-0.05, 0) is 19.4 Å². The lowest BCUT2D eigenvalue weighted by molar-refractivity contribution is -0.119. The van der Waals surface area contributed by atoms with Crippen molar-refractivity contribution >= 4 is 11.9 Å². The van der Waals surface area contributed by atoms with Crippen LogP contribution in [0.15, 0.2) is 0 Å². The van der Waals surface area contributed by atoms with Crippen LogP contribution >= 0.6 is 0 Å². The Morgan fingerprint density at radius 2 is 2.11 bits per heavy atom. The third-order valence-corrected chi connectivity index (χ3v) is 3.57. The maximum absolute atomic E-state index is 12.5. The lowest BCUT2D eigenvalue weighted by Crippen LogP contribution is -2.57. The van der Waals surface area contributed by atoms with E-state index in [9.17, 15) is 9.59 Å². The van der Waals surface area contributed by atoms with Crippen LogP contribution in [0, 0.1) is 0 Å². The van der Waals surface area contributed by atoms with E-state index >= 15 is 0 Å². The summed E-state index contributed by atoms with van der Waals surface area (Å²) < 4.78 is 5.24. The van der Waals surface area contributed by atoms with Gasteiger partial charge in [0.05, 0.1) is 13.2 Å². The topological polar surface area (TPSA) is 87.9 Å². The number of amides is 3. The van der Waals surface area contributed by atoms with Crippen LogP contribution in [-0.2, 0) is 9.53 Å². The zero-order chi connectivity index (χ0) is 13.7. The number of rotatable bonds is 3. The van der Waals surface area contributed by atoms with Crippen molar-refractivity contribution in [3.8, 4) is 0 Å². The van der Waals surface area contributed by atoms with Crippen molar-refractivity contribution < 1.29 is 14.3 Å². The standard InChI is InChI=1S/C12H22N4O3/c13-11(17)9-16(10-2-1-3-14-8-10)12(18)15-4-6-19-7-5-15/h10,14H,1-9H2,(H2,13,17). The Kier molecular flexibility index (Phi) is 4.98. The zero-order valence-electron chi connectivity index (χ0n) is 11.1. The van der Waals surface area contributed by atoms with Crippen molar-refractivity contribution in [3.63, 3.8) is 0 Å². The van der Waals surface area contributed by atoms with E-state index in [0.29, 0.717) is 26.3 Å². The minimum absolute atomic E-state index is 0.0114. The van der Waals surface area contributed by atoms with Gasteiger partial charge in [0.15, 0.2) is 0 Å². The molecule has 3 amide bonds. The number of primary amides is 1. The summed E-state index contributed by atoms with van der Waals surface area (Å²) in [7, 11) is 0. The largest absolute Gasteiger partial charge is 0.378 e. The van der Waals surface area contributed by atoms with Crippen molar-refractivity contribution in [1.29, 1.82) is 0 Å². The van der Waals surface area contributed by atoms with E-state index in [1.54, 1.807) is 9.80 Å². The van der Waals surface area contributed by atoms with Gasteiger partial charge in [0.25, 0.3) is 0 Å². The molecule has 0 aromatic heterocycles. The van der Waals surface area contributed by atoms with Crippen molar-refractivity contribution in [3.05, 3.63) is 0 Å². The molecule has 0 aromatic rings. The zero-order valence-corrected chi connectivity index (χ0v) is 11.1. The number of nitrogens with one attached hydrogen (secondary N) is 1. The first-order valence-electron chi connectivity index (χ1n) is 6.81. The highest BCUT2D eigenvalue weighted by Crippen LogP contribution is 2.13. The first-order valence-corrected chi connectivity index (χ1v) is 6.81. The molecule has 0 bridgehead atoms. The number of morpholine rings is 1. The summed E-state index contributed by atoms with van der Waals surface area (Å²) in [6.07, 6.45) is 1.92. The summed E-state index contributed by atoms with van der Waals surface area (Å²) in [4.78, 5) is 27.0. The third kappa shape index (κ3) is 3.81. The van der Waals surface area contributed by atoms with Gasteiger partial charge in [-0.15, -0.1) is 0 Å². The number of hydrogen-bond donors (Lipinski definition) is 2. The van der Waals surface area contributed by atoms with Gasteiger partial charge >= 0.3 is 6.03 Å². The maximum Gasteiger partial charge on any atom is 0.320 e. The molecule has 7 heteroatoms. The SMILES string of the molecule is NC(=O)CN(C(=O)N1CCOCC1)C1CCCNC1. The normalized spacial score (nSPS) is 24.0. The van der Waals surface area contributed by atoms with Crippen molar-refractivity contribution in [2.75, 3.05) is 45.9 Å². The molecule has 0 aromatic carbocycles. The molecule has 0 saturated carbocycles. The van der Waals surface area contributed by atoms with Crippen LogP contribution in [0.25, 0.3) is 0 Å². The molecule has 19 heavy (non-hydrogen) atoms. The van der Waals surface area contributed by atoms with Crippen LogP contribution in [0.1, 0.15) is 12.8 Å². The second kappa shape index (κ2) is 6.72. The van der Waals surface area contributed by atoms with Gasteiger partial charge in [0.1, 0.15) is 6.54 Å². The van der Waals surface area contributed by atoms with Crippen molar-refractivity contribution in [2.24, 2.45) is 5.73 Å². The summed E-state index contributed by atoms with van der Waals surface area (Å²) in [5.41, 5.74) is 5.27. The summed E-state index contributed by atoms with van der Waals surface area (Å²) >= 11 is 0. The molecule has 2 saturated heterocycles. The average molecular weight is 270 g/mol. The second-order valence-electron chi connectivity index (χ2n) is 4.98. The Bertz CT molecular complexity index is 325. The van der Waals surface area contributed by atoms with E-state index in [-0.39, 0.29) is 18.6 Å². The monoisotopic (exact) mass is 270 g/mol. The van der Waals surface area contributed by atoms with Crippen LogP contribution < -0.4 is 11.1 Å². The lowest BCUT2D eigenvalue weighted by Gasteiger charge is -2.38. The molecule has 1 atom stereocenters. The molecule has 2 fully saturated rings. The van der Waals surface area contributed by atoms with Gasteiger partial charge < -0.3 is 25.6 Å². The predicted molar refractivity (Wildman–Crippen MR) is 69.6 cm³/mol. The molecule has 1 unspecified atom stereocenters. The fourth-order valence-electron chi connectivity index (χ4n) is 2.56. The highest BCUT2D eigenvalue weighted by molar-refractivity contribution is 5.83. The van der Waals surface area contributed by atoms with Crippen LogP contribution in [0.4, 0.5) is 4.79 Å². The quantitative estimate of drug-likeness (QED) is 0.687. The minimum atomic E-state index is -0.466. The van der Waals surface area contributed by atoms with Gasteiger partial charge in [-0.2, -0.15) is 0 Å². The second-order valence-corrected chi connectivity index (χ2v) is 4.98. The fraction of sp³-hybridized carbons (Fsp3) is 0.833. The van der Waals surface area contributed by atoms with Gasteiger partial charge in [-0.3, -0.25) is 4.79 Å². The Balaban J connectivity index is 2.02. The number of carbonyl (C=O) groups excluding carboxylic acids is 2. The molecule has 3 N–H and O–H groups in total. The van der Waals surface area contributed by atoms with E-state index < -0.39 is 5.91 Å². The molecule has 2 heterocycles. The van der Waals surface area contributed by atoms with Gasteiger partial charge in [0, 0.05) is 25.7 Å². The van der Waals surface area contributed by atoms with E-state index in [1.807, 2.05) is 0 Å². The first kappa shape index (κ1) is 14.1. The summed E-state index contributed by atoms with van der Waals surface area (Å²) in [6, 6.07) is -0.0487. The number of ether oxygens (including phenoxy) is 1. The van der Waals surface area contributed by atoms with E-state index in [4.69, 9.17) is 10.5 Å². The Labute approximate surface area is 113 Å². The minimum Gasteiger partial charge on any atom is -0.378 e. The smallest absolute Gasteiger partial charge is 0.320 e. The van der Waals surface area contributed by atoms with Crippen LogP contribution in [0.5, 0.6) is 0 Å². The molecule has 2 aliphatic rings. The number of nitrogens with zero attached hydrogens (tertiary/aromatic N) is 2. The van der Waals surface area contributed by atoms with Gasteiger partial charge in [-0.1, -0.05) is 0 Å². The van der Waals surface area contributed by atoms with Crippen LogP contribution in [0.2, 0.25) is 0 Å². The lowest BCUT2D eigenvalue weighted by atomic mass is 10.1. The van der Waals surface area contributed by atoms with E-state index in [2.05, 4.69) is 5.32 Å². The van der Waals surface area contributed by atoms with Crippen LogP contribution in [-0.4, -0.2) is 73.7 Å². The molecule has 108 valence electrons. The number of urea groups is 1. The fourth-order valence-corrected chi connectivity index (χ4v) is 2.56.